The van der Waals surface area contributed by atoms with E-state index in [1.807, 2.05) is 41.2 Å². The zero-order valence-electron chi connectivity index (χ0n) is 19.1. The molecule has 0 saturated heterocycles. The second-order valence-corrected chi connectivity index (χ2v) is 11.0. The van der Waals surface area contributed by atoms with Gasteiger partial charge in [-0.15, -0.1) is 0 Å². The molecule has 4 aromatic heterocycles. The first-order chi connectivity index (χ1) is 17.7. The zero-order valence-corrected chi connectivity index (χ0v) is 27.2. The predicted octanol–water partition coefficient (Wildman–Crippen LogP) is 6.81. The van der Waals surface area contributed by atoms with Gasteiger partial charge in [0.2, 0.25) is 6.43 Å². The van der Waals surface area contributed by atoms with E-state index >= 15 is 0 Å². The van der Waals surface area contributed by atoms with Crippen LogP contribution in [0.5, 0.6) is 0 Å². The van der Waals surface area contributed by atoms with E-state index in [0.29, 0.717) is 14.6 Å². The van der Waals surface area contributed by atoms with E-state index in [1.54, 1.807) is 53.4 Å². The molecule has 0 saturated carbocycles. The second kappa shape index (κ2) is 17.0. The van der Waals surface area contributed by atoms with Gasteiger partial charge in [-0.05, 0) is 69.8 Å². The molecule has 37 heavy (non-hydrogen) atoms. The fourth-order valence-corrected chi connectivity index (χ4v) is 4.39. The minimum absolute atomic E-state index is 0.0578. The first-order valence-corrected chi connectivity index (χ1v) is 16.1. The van der Waals surface area contributed by atoms with E-state index in [9.17, 15) is 17.6 Å². The SMILES string of the molecule is CSc1nccc(-c2cn(CC(F)F)nc2I)n1.CSc1nccc(-c2cn[nH]c2I)n1.FC(F)CI. The molecular formula is C20H19F4I3N8S2. The molecule has 0 atom stereocenters. The fourth-order valence-electron chi connectivity index (χ4n) is 2.43. The quantitative estimate of drug-likeness (QED) is 0.0712. The minimum atomic E-state index is -2.42. The van der Waals surface area contributed by atoms with Crippen molar-refractivity contribution >= 4 is 91.3 Å². The molecule has 0 fully saturated rings. The van der Waals surface area contributed by atoms with Crippen molar-refractivity contribution < 1.29 is 17.6 Å². The summed E-state index contributed by atoms with van der Waals surface area (Å²) in [7, 11) is 0. The van der Waals surface area contributed by atoms with E-state index in [4.69, 9.17) is 0 Å². The van der Waals surface area contributed by atoms with Gasteiger partial charge in [-0.1, -0.05) is 46.1 Å². The van der Waals surface area contributed by atoms with Gasteiger partial charge in [0, 0.05) is 18.6 Å². The van der Waals surface area contributed by atoms with Gasteiger partial charge in [0.05, 0.1) is 33.1 Å². The van der Waals surface area contributed by atoms with Gasteiger partial charge in [0.15, 0.2) is 10.3 Å². The number of aromatic nitrogens is 8. The van der Waals surface area contributed by atoms with Crippen molar-refractivity contribution in [1.29, 1.82) is 0 Å². The van der Waals surface area contributed by atoms with Crippen molar-refractivity contribution in [3.8, 4) is 22.5 Å². The topological polar surface area (TPSA) is 98.1 Å². The summed E-state index contributed by atoms with van der Waals surface area (Å²) in [5.41, 5.74) is 3.36. The van der Waals surface area contributed by atoms with Crippen molar-refractivity contribution in [3.05, 3.63) is 44.3 Å². The van der Waals surface area contributed by atoms with Crippen molar-refractivity contribution in [1.82, 2.24) is 39.9 Å². The Morgan fingerprint density at radius 2 is 1.46 bits per heavy atom. The molecule has 1 N–H and O–H groups in total. The Morgan fingerprint density at radius 1 is 0.919 bits per heavy atom. The molecule has 0 aliphatic carbocycles. The Kier molecular flexibility index (Phi) is 14.9. The van der Waals surface area contributed by atoms with E-state index in [2.05, 4.69) is 57.8 Å². The summed E-state index contributed by atoms with van der Waals surface area (Å²) >= 11 is 8.80. The maximum atomic E-state index is 12.3. The molecule has 4 rings (SSSR count). The Morgan fingerprint density at radius 3 is 1.89 bits per heavy atom. The third-order valence-electron chi connectivity index (χ3n) is 3.94. The molecule has 17 heteroatoms. The highest BCUT2D eigenvalue weighted by atomic mass is 127. The summed E-state index contributed by atoms with van der Waals surface area (Å²) in [6.45, 7) is -0.406. The van der Waals surface area contributed by atoms with Crippen LogP contribution in [0.3, 0.4) is 0 Å². The first-order valence-electron chi connectivity index (χ1n) is 9.97. The maximum Gasteiger partial charge on any atom is 0.257 e. The van der Waals surface area contributed by atoms with Crippen LogP contribution >= 0.6 is 91.3 Å². The van der Waals surface area contributed by atoms with Crippen LogP contribution in [0.15, 0.2) is 47.2 Å². The van der Waals surface area contributed by atoms with Gasteiger partial charge >= 0.3 is 0 Å². The molecule has 4 aromatic rings. The molecule has 0 unspecified atom stereocenters. The number of nitrogens with zero attached hydrogens (tertiary/aromatic N) is 7. The molecule has 200 valence electrons. The third kappa shape index (κ3) is 11.1. The number of alkyl halides is 5. The summed E-state index contributed by atoms with van der Waals surface area (Å²) in [5, 5.41) is 12.3. The second-order valence-electron chi connectivity index (χ2n) is 6.45. The molecule has 0 aromatic carbocycles. The predicted molar refractivity (Wildman–Crippen MR) is 163 cm³/mol. The fraction of sp³-hybridized carbons (Fsp3) is 0.300. The molecule has 0 amide bonds. The van der Waals surface area contributed by atoms with Crippen LogP contribution in [-0.4, -0.2) is 69.7 Å². The van der Waals surface area contributed by atoms with Crippen molar-refractivity contribution in [2.75, 3.05) is 16.9 Å². The number of thioether (sulfide) groups is 2. The Bertz CT molecular complexity index is 1250. The lowest BCUT2D eigenvalue weighted by Crippen LogP contribution is -2.06. The monoisotopic (exact) mass is 892 g/mol. The van der Waals surface area contributed by atoms with E-state index < -0.39 is 19.4 Å². The third-order valence-corrected chi connectivity index (χ3v) is 7.34. The lowest BCUT2D eigenvalue weighted by atomic mass is 10.2. The van der Waals surface area contributed by atoms with Gasteiger partial charge < -0.3 is 0 Å². The van der Waals surface area contributed by atoms with E-state index in [1.165, 1.54) is 28.2 Å². The molecule has 0 spiro atoms. The number of rotatable bonds is 7. The average Bonchev–Trinajstić information content (AvgIpc) is 3.49. The Labute approximate surface area is 259 Å². The summed E-state index contributed by atoms with van der Waals surface area (Å²) in [6, 6.07) is 3.62. The van der Waals surface area contributed by atoms with Gasteiger partial charge in [-0.2, -0.15) is 10.2 Å². The number of halogens is 7. The van der Waals surface area contributed by atoms with Crippen LogP contribution in [0, 0.1) is 7.40 Å². The van der Waals surface area contributed by atoms with Gasteiger partial charge in [-0.25, -0.2) is 37.5 Å². The van der Waals surface area contributed by atoms with Gasteiger partial charge in [-0.3, -0.25) is 9.78 Å². The molecule has 8 nitrogen and oxygen atoms in total. The van der Waals surface area contributed by atoms with Crippen LogP contribution in [0.4, 0.5) is 17.6 Å². The number of aromatic amines is 1. The van der Waals surface area contributed by atoms with Crippen LogP contribution in [0.25, 0.3) is 22.5 Å². The van der Waals surface area contributed by atoms with Crippen LogP contribution in [0.2, 0.25) is 0 Å². The van der Waals surface area contributed by atoms with Crippen LogP contribution in [-0.2, 0) is 6.54 Å². The molecular weight excluding hydrogens is 873 g/mol. The number of nitrogens with one attached hydrogen (secondary N) is 1. The molecule has 0 aliphatic rings. The average molecular weight is 892 g/mol. The molecule has 0 aliphatic heterocycles. The zero-order chi connectivity index (χ0) is 27.4. The minimum Gasteiger partial charge on any atom is -0.272 e. The normalized spacial score (nSPS) is 10.7. The number of hydrogen-bond donors (Lipinski definition) is 1. The lowest BCUT2D eigenvalue weighted by molar-refractivity contribution is 0.121. The largest absolute Gasteiger partial charge is 0.272 e. The van der Waals surface area contributed by atoms with Crippen LogP contribution in [0.1, 0.15) is 0 Å². The highest BCUT2D eigenvalue weighted by molar-refractivity contribution is 14.1. The van der Waals surface area contributed by atoms with Gasteiger partial charge in [0.25, 0.3) is 6.43 Å². The standard InChI is InChI=1S/C10H9F2IN4S.C8H7IN4S.C2H3F2I/c1-18-10-14-3-2-7(15-10)6-4-17(5-8(11)12)16-9(6)13;1-14-8-10-3-2-6(12-8)5-4-11-13-7(5)9;3-2(4)1-5/h2-4,8H,5H2,1H3;2-4H,1H3,(H,11,13);2H,1H2. The molecule has 4 heterocycles. The summed E-state index contributed by atoms with van der Waals surface area (Å²) < 4.78 is 48.9. The summed E-state index contributed by atoms with van der Waals surface area (Å²) in [4.78, 5) is 16.9. The van der Waals surface area contributed by atoms with Crippen LogP contribution < -0.4 is 0 Å². The highest BCUT2D eigenvalue weighted by Crippen LogP contribution is 2.24. The molecule has 0 bridgehead atoms. The summed E-state index contributed by atoms with van der Waals surface area (Å²) in [6.07, 6.45) is 6.06. The van der Waals surface area contributed by atoms with Crippen molar-refractivity contribution in [3.63, 3.8) is 0 Å². The van der Waals surface area contributed by atoms with E-state index in [-0.39, 0.29) is 4.43 Å². The molecule has 0 radical (unpaired) electrons. The Balaban J connectivity index is 0.000000225. The van der Waals surface area contributed by atoms with Crippen molar-refractivity contribution in [2.24, 2.45) is 0 Å². The Hall–Kier alpha value is -0.810. The first kappa shape index (κ1) is 32.4. The van der Waals surface area contributed by atoms with E-state index in [0.717, 1.165) is 25.7 Å². The van der Waals surface area contributed by atoms with Gasteiger partial charge in [0.1, 0.15) is 13.9 Å². The maximum absolute atomic E-state index is 12.3. The number of hydrogen-bond acceptors (Lipinski definition) is 8. The number of H-pyrrole nitrogens is 1. The van der Waals surface area contributed by atoms with Crippen molar-refractivity contribution in [2.45, 2.75) is 29.7 Å². The lowest BCUT2D eigenvalue weighted by Gasteiger charge is -1.99. The highest BCUT2D eigenvalue weighted by Gasteiger charge is 2.13. The summed E-state index contributed by atoms with van der Waals surface area (Å²) in [5.74, 6) is 0. The smallest absolute Gasteiger partial charge is 0.257 e.